The molecule has 0 amide bonds. The number of nitrogens with zero attached hydrogens (tertiary/aromatic N) is 2. The maximum atomic E-state index is 10.6. The smallest absolute Gasteiger partial charge is 0.372 e. The number of aromatic nitrogens is 2. The number of Topliss-reactive ketones (excluding diaryl/α,β-unsaturated/α-hetero) is 1. The second-order valence-electron chi connectivity index (χ2n) is 2.25. The van der Waals surface area contributed by atoms with Crippen LogP contribution in [-0.2, 0) is 16.1 Å². The van der Waals surface area contributed by atoms with Gasteiger partial charge in [0.2, 0.25) is 5.78 Å². The van der Waals surface area contributed by atoms with Crippen molar-refractivity contribution in [2.24, 2.45) is 0 Å². The molecule has 1 N–H and O–H groups in total. The van der Waals surface area contributed by atoms with Gasteiger partial charge in [-0.3, -0.25) is 9.48 Å². The molecule has 1 aromatic heterocycles. The number of rotatable bonds is 4. The molecule has 1 aromatic rings. The van der Waals surface area contributed by atoms with Gasteiger partial charge in [-0.2, -0.15) is 5.10 Å². The van der Waals surface area contributed by atoms with E-state index in [1.807, 2.05) is 0 Å². The molecule has 1 heterocycles. The predicted molar refractivity (Wildman–Crippen MR) is 39.5 cm³/mol. The van der Waals surface area contributed by atoms with Crippen molar-refractivity contribution in [3.05, 3.63) is 18.5 Å². The molecular weight excluding hydrogens is 160 g/mol. The number of carbonyl (C=O) groups is 2. The lowest BCUT2D eigenvalue weighted by molar-refractivity contribution is -0.149. The van der Waals surface area contributed by atoms with Crippen molar-refractivity contribution in [1.29, 1.82) is 0 Å². The molecule has 0 radical (unpaired) electrons. The maximum absolute atomic E-state index is 10.6. The van der Waals surface area contributed by atoms with Gasteiger partial charge in [-0.1, -0.05) is 0 Å². The molecule has 0 spiro atoms. The zero-order valence-corrected chi connectivity index (χ0v) is 6.30. The van der Waals surface area contributed by atoms with E-state index < -0.39 is 11.8 Å². The molecule has 0 aliphatic heterocycles. The predicted octanol–water partition coefficient (Wildman–Crippen LogP) is -0.0731. The van der Waals surface area contributed by atoms with Crippen LogP contribution in [0.4, 0.5) is 0 Å². The monoisotopic (exact) mass is 168 g/mol. The summed E-state index contributed by atoms with van der Waals surface area (Å²) < 4.78 is 1.51. The molecule has 0 bridgehead atoms. The molecule has 0 saturated heterocycles. The number of carboxylic acids is 1. The molecule has 5 nitrogen and oxygen atoms in total. The summed E-state index contributed by atoms with van der Waals surface area (Å²) >= 11 is 0. The van der Waals surface area contributed by atoms with Crippen LogP contribution in [0.1, 0.15) is 6.42 Å². The number of carboxylic acid groups (broad SMARTS) is 1. The lowest BCUT2D eigenvalue weighted by Gasteiger charge is -1.96. The van der Waals surface area contributed by atoms with Crippen LogP contribution in [0.15, 0.2) is 18.5 Å². The van der Waals surface area contributed by atoms with Crippen LogP contribution >= 0.6 is 0 Å². The van der Waals surface area contributed by atoms with Crippen molar-refractivity contribution in [3.8, 4) is 0 Å². The zero-order valence-electron chi connectivity index (χ0n) is 6.30. The number of hydrogen-bond donors (Lipinski definition) is 1. The van der Waals surface area contributed by atoms with Gasteiger partial charge in [-0.05, 0) is 6.07 Å². The van der Waals surface area contributed by atoms with E-state index in [-0.39, 0.29) is 6.42 Å². The Morgan fingerprint density at radius 2 is 2.25 bits per heavy atom. The number of hydrogen-bond acceptors (Lipinski definition) is 3. The van der Waals surface area contributed by atoms with Gasteiger partial charge >= 0.3 is 5.97 Å². The highest BCUT2D eigenvalue weighted by atomic mass is 16.4. The highest BCUT2D eigenvalue weighted by Crippen LogP contribution is 1.90. The van der Waals surface area contributed by atoms with Crippen molar-refractivity contribution in [2.75, 3.05) is 0 Å². The van der Waals surface area contributed by atoms with E-state index in [2.05, 4.69) is 5.10 Å². The van der Waals surface area contributed by atoms with Gasteiger partial charge in [-0.25, -0.2) is 4.79 Å². The van der Waals surface area contributed by atoms with Gasteiger partial charge in [0.25, 0.3) is 0 Å². The first kappa shape index (κ1) is 8.45. The Balaban J connectivity index is 2.37. The number of aliphatic carboxylic acids is 1. The normalized spacial score (nSPS) is 9.67. The van der Waals surface area contributed by atoms with Crippen LogP contribution in [0.3, 0.4) is 0 Å². The Hall–Kier alpha value is -1.65. The fraction of sp³-hybridized carbons (Fsp3) is 0.286. The van der Waals surface area contributed by atoms with Crippen LogP contribution in [0, 0.1) is 0 Å². The van der Waals surface area contributed by atoms with Gasteiger partial charge in [0.15, 0.2) is 0 Å². The molecule has 0 aromatic carbocycles. The molecule has 0 aliphatic carbocycles. The largest absolute Gasteiger partial charge is 0.476 e. The van der Waals surface area contributed by atoms with Crippen molar-refractivity contribution in [3.63, 3.8) is 0 Å². The Labute approximate surface area is 68.6 Å². The van der Waals surface area contributed by atoms with Crippen molar-refractivity contribution in [1.82, 2.24) is 9.78 Å². The number of carbonyl (C=O) groups excluding carboxylic acids is 1. The molecule has 0 saturated carbocycles. The third-order valence-electron chi connectivity index (χ3n) is 1.37. The summed E-state index contributed by atoms with van der Waals surface area (Å²) in [5.41, 5.74) is 0. The van der Waals surface area contributed by atoms with E-state index in [9.17, 15) is 9.59 Å². The maximum Gasteiger partial charge on any atom is 0.372 e. The van der Waals surface area contributed by atoms with Crippen molar-refractivity contribution >= 4 is 11.8 Å². The number of ketones is 1. The molecule has 64 valence electrons. The zero-order chi connectivity index (χ0) is 8.97. The van der Waals surface area contributed by atoms with E-state index in [4.69, 9.17) is 5.11 Å². The Bertz CT molecular complexity index is 279. The highest BCUT2D eigenvalue weighted by Gasteiger charge is 2.10. The van der Waals surface area contributed by atoms with E-state index in [0.717, 1.165) is 0 Å². The molecule has 0 fully saturated rings. The molecule has 0 aliphatic rings. The minimum Gasteiger partial charge on any atom is -0.476 e. The fourth-order valence-corrected chi connectivity index (χ4v) is 0.756. The Kier molecular flexibility index (Phi) is 2.57. The summed E-state index contributed by atoms with van der Waals surface area (Å²) in [6, 6.07) is 1.71. The Morgan fingerprint density at radius 1 is 1.50 bits per heavy atom. The summed E-state index contributed by atoms with van der Waals surface area (Å²) in [4.78, 5) is 20.7. The average molecular weight is 168 g/mol. The SMILES string of the molecule is O=C(O)C(=O)CCn1cccn1. The molecule has 0 atom stereocenters. The van der Waals surface area contributed by atoms with Crippen LogP contribution in [0.25, 0.3) is 0 Å². The van der Waals surface area contributed by atoms with Gasteiger partial charge in [0.05, 0.1) is 0 Å². The van der Waals surface area contributed by atoms with Crippen molar-refractivity contribution in [2.45, 2.75) is 13.0 Å². The van der Waals surface area contributed by atoms with E-state index >= 15 is 0 Å². The van der Waals surface area contributed by atoms with Gasteiger partial charge in [0.1, 0.15) is 0 Å². The van der Waals surface area contributed by atoms with Crippen LogP contribution < -0.4 is 0 Å². The second-order valence-corrected chi connectivity index (χ2v) is 2.25. The average Bonchev–Trinajstić information content (AvgIpc) is 2.51. The van der Waals surface area contributed by atoms with Crippen LogP contribution in [0.2, 0.25) is 0 Å². The third-order valence-corrected chi connectivity index (χ3v) is 1.37. The summed E-state index contributed by atoms with van der Waals surface area (Å²) in [6.07, 6.45) is 3.23. The number of aryl methyl sites for hydroxylation is 1. The minimum atomic E-state index is -1.39. The third kappa shape index (κ3) is 2.19. The molecule has 1 rings (SSSR count). The summed E-state index contributed by atoms with van der Waals surface area (Å²) in [6.45, 7) is 0.318. The molecule has 5 heteroatoms. The summed E-state index contributed by atoms with van der Waals surface area (Å²) in [7, 11) is 0. The highest BCUT2D eigenvalue weighted by molar-refractivity contribution is 6.32. The van der Waals surface area contributed by atoms with Crippen LogP contribution in [-0.4, -0.2) is 26.6 Å². The minimum absolute atomic E-state index is 0.0169. The lowest BCUT2D eigenvalue weighted by atomic mass is 10.3. The van der Waals surface area contributed by atoms with Crippen LogP contribution in [0.5, 0.6) is 0 Å². The topological polar surface area (TPSA) is 72.2 Å². The van der Waals surface area contributed by atoms with Gasteiger partial charge < -0.3 is 5.11 Å². The van der Waals surface area contributed by atoms with Gasteiger partial charge in [-0.15, -0.1) is 0 Å². The van der Waals surface area contributed by atoms with E-state index in [1.54, 1.807) is 18.5 Å². The molecule has 0 unspecified atom stereocenters. The Morgan fingerprint density at radius 3 is 2.75 bits per heavy atom. The van der Waals surface area contributed by atoms with Gasteiger partial charge in [0, 0.05) is 25.4 Å². The first-order valence-corrected chi connectivity index (χ1v) is 3.43. The van der Waals surface area contributed by atoms with Crippen molar-refractivity contribution < 1.29 is 14.7 Å². The quantitative estimate of drug-likeness (QED) is 0.638. The fourth-order valence-electron chi connectivity index (χ4n) is 0.756. The first-order valence-electron chi connectivity index (χ1n) is 3.43. The molecular formula is C7H8N2O3. The summed E-state index contributed by atoms with van der Waals surface area (Å²) in [5, 5.41) is 12.1. The first-order chi connectivity index (χ1) is 5.70. The lowest BCUT2D eigenvalue weighted by Crippen LogP contribution is -2.15. The van der Waals surface area contributed by atoms with E-state index in [1.165, 1.54) is 4.68 Å². The second kappa shape index (κ2) is 3.66. The summed E-state index contributed by atoms with van der Waals surface area (Å²) in [5.74, 6) is -2.17. The molecule has 12 heavy (non-hydrogen) atoms. The standard InChI is InChI=1S/C7H8N2O3/c10-6(7(11)12)2-5-9-4-1-3-8-9/h1,3-4H,2,5H2,(H,11,12). The van der Waals surface area contributed by atoms with E-state index in [0.29, 0.717) is 6.54 Å².